The molecule has 0 amide bonds. The molecule has 1 unspecified atom stereocenters. The Morgan fingerprint density at radius 3 is 2.95 bits per heavy atom. The van der Waals surface area contributed by atoms with Crippen LogP contribution in [0.15, 0.2) is 48.8 Å². The number of anilines is 1. The van der Waals surface area contributed by atoms with Gasteiger partial charge in [-0.1, -0.05) is 18.2 Å². The van der Waals surface area contributed by atoms with Gasteiger partial charge in [0.15, 0.2) is 0 Å². The van der Waals surface area contributed by atoms with Gasteiger partial charge in [-0.2, -0.15) is 5.10 Å². The molecule has 1 aromatic carbocycles. The second-order valence-electron chi connectivity index (χ2n) is 5.69. The van der Waals surface area contributed by atoms with Crippen LogP contribution in [-0.4, -0.2) is 27.9 Å². The van der Waals surface area contributed by atoms with Crippen molar-refractivity contribution < 1.29 is 0 Å². The molecule has 1 saturated heterocycles. The van der Waals surface area contributed by atoms with Gasteiger partial charge in [-0.3, -0.25) is 4.68 Å². The molecule has 0 N–H and O–H groups in total. The maximum atomic E-state index is 4.83. The molecule has 0 aliphatic carbocycles. The Morgan fingerprint density at radius 2 is 2.10 bits per heavy atom. The quantitative estimate of drug-likeness (QED) is 0.722. The Balaban J connectivity index is 1.65. The normalized spacial score (nSPS) is 18.5. The first-order valence-corrected chi connectivity index (χ1v) is 7.42. The van der Waals surface area contributed by atoms with E-state index in [9.17, 15) is 0 Å². The lowest BCUT2D eigenvalue weighted by Crippen LogP contribution is -2.22. The van der Waals surface area contributed by atoms with E-state index in [0.29, 0.717) is 6.04 Å². The largest absolute Gasteiger partial charge is 0.354 e. The summed E-state index contributed by atoms with van der Waals surface area (Å²) in [6.07, 6.45) is 5.02. The highest BCUT2D eigenvalue weighted by molar-refractivity contribution is 5.83. The van der Waals surface area contributed by atoms with Crippen LogP contribution in [0.5, 0.6) is 0 Å². The number of pyridine rings is 1. The van der Waals surface area contributed by atoms with E-state index in [2.05, 4.69) is 51.9 Å². The second-order valence-corrected chi connectivity index (χ2v) is 5.69. The summed E-state index contributed by atoms with van der Waals surface area (Å²) >= 11 is 0. The Morgan fingerprint density at radius 1 is 1.19 bits per heavy atom. The highest BCUT2D eigenvalue weighted by Crippen LogP contribution is 2.28. The van der Waals surface area contributed by atoms with Crippen LogP contribution in [0.2, 0.25) is 0 Å². The molecule has 4 rings (SSSR count). The standard InChI is InChI=1S/C17H18N4/c1-13-11-17(19-16-6-3-2-5-15(13)16)20-10-7-14(12-20)21-9-4-8-18-21/h2-6,8-9,11,14H,7,10,12H2,1H3. The summed E-state index contributed by atoms with van der Waals surface area (Å²) in [5, 5.41) is 5.60. The van der Waals surface area contributed by atoms with Gasteiger partial charge in [0.25, 0.3) is 0 Å². The van der Waals surface area contributed by atoms with Crippen LogP contribution < -0.4 is 4.90 Å². The fourth-order valence-electron chi connectivity index (χ4n) is 3.16. The maximum absolute atomic E-state index is 4.83. The molecule has 1 atom stereocenters. The fourth-order valence-corrected chi connectivity index (χ4v) is 3.16. The average molecular weight is 278 g/mol. The lowest BCUT2D eigenvalue weighted by Gasteiger charge is -2.19. The molecule has 1 fully saturated rings. The maximum Gasteiger partial charge on any atom is 0.129 e. The minimum Gasteiger partial charge on any atom is -0.354 e. The van der Waals surface area contributed by atoms with Crippen molar-refractivity contribution in [3.63, 3.8) is 0 Å². The molecule has 0 radical (unpaired) electrons. The molecule has 21 heavy (non-hydrogen) atoms. The number of fused-ring (bicyclic) bond motifs is 1. The summed E-state index contributed by atoms with van der Waals surface area (Å²) in [5.41, 5.74) is 2.37. The topological polar surface area (TPSA) is 34.0 Å². The highest BCUT2D eigenvalue weighted by atomic mass is 15.3. The molecular formula is C17H18N4. The number of hydrogen-bond acceptors (Lipinski definition) is 3. The Labute approximate surface area is 124 Å². The van der Waals surface area contributed by atoms with E-state index in [1.165, 1.54) is 10.9 Å². The second kappa shape index (κ2) is 4.88. The molecular weight excluding hydrogens is 260 g/mol. The van der Waals surface area contributed by atoms with E-state index >= 15 is 0 Å². The zero-order chi connectivity index (χ0) is 14.2. The number of benzene rings is 1. The number of aromatic nitrogens is 3. The molecule has 4 heteroatoms. The Kier molecular flexibility index (Phi) is 2.88. The van der Waals surface area contributed by atoms with Gasteiger partial charge in [-0.05, 0) is 37.1 Å². The van der Waals surface area contributed by atoms with Gasteiger partial charge in [0.05, 0.1) is 11.6 Å². The summed E-state index contributed by atoms with van der Waals surface area (Å²) in [6.45, 7) is 4.18. The third kappa shape index (κ3) is 2.17. The van der Waals surface area contributed by atoms with Crippen LogP contribution in [0.25, 0.3) is 10.9 Å². The van der Waals surface area contributed by atoms with Crippen molar-refractivity contribution in [2.45, 2.75) is 19.4 Å². The van der Waals surface area contributed by atoms with E-state index in [0.717, 1.165) is 30.8 Å². The van der Waals surface area contributed by atoms with Gasteiger partial charge in [-0.15, -0.1) is 0 Å². The molecule has 1 aliphatic rings. The predicted molar refractivity (Wildman–Crippen MR) is 84.6 cm³/mol. The van der Waals surface area contributed by atoms with Gasteiger partial charge < -0.3 is 4.90 Å². The zero-order valence-corrected chi connectivity index (χ0v) is 12.1. The molecule has 0 spiro atoms. The molecule has 3 heterocycles. The van der Waals surface area contributed by atoms with Crippen LogP contribution in [-0.2, 0) is 0 Å². The smallest absolute Gasteiger partial charge is 0.129 e. The van der Waals surface area contributed by atoms with Crippen molar-refractivity contribution in [3.05, 3.63) is 54.4 Å². The van der Waals surface area contributed by atoms with Crippen molar-refractivity contribution in [1.29, 1.82) is 0 Å². The molecule has 4 nitrogen and oxygen atoms in total. The van der Waals surface area contributed by atoms with Crippen molar-refractivity contribution >= 4 is 16.7 Å². The first-order chi connectivity index (χ1) is 10.3. The summed E-state index contributed by atoms with van der Waals surface area (Å²) in [5.74, 6) is 1.08. The molecule has 2 aromatic heterocycles. The third-order valence-corrected chi connectivity index (χ3v) is 4.30. The van der Waals surface area contributed by atoms with E-state index in [-0.39, 0.29) is 0 Å². The molecule has 3 aromatic rings. The van der Waals surface area contributed by atoms with Crippen molar-refractivity contribution in [1.82, 2.24) is 14.8 Å². The van der Waals surface area contributed by atoms with Crippen LogP contribution in [0.1, 0.15) is 18.0 Å². The van der Waals surface area contributed by atoms with Crippen LogP contribution in [0.3, 0.4) is 0 Å². The first-order valence-electron chi connectivity index (χ1n) is 7.42. The average Bonchev–Trinajstić information content (AvgIpc) is 3.18. The lowest BCUT2D eigenvalue weighted by molar-refractivity contribution is 0.494. The van der Waals surface area contributed by atoms with Gasteiger partial charge in [0, 0.05) is 30.9 Å². The predicted octanol–water partition coefficient (Wildman–Crippen LogP) is 3.19. The first kappa shape index (κ1) is 12.4. The van der Waals surface area contributed by atoms with Gasteiger partial charge in [-0.25, -0.2) is 4.98 Å². The number of rotatable bonds is 2. The van der Waals surface area contributed by atoms with Crippen LogP contribution in [0.4, 0.5) is 5.82 Å². The van der Waals surface area contributed by atoms with E-state index in [1.54, 1.807) is 0 Å². The van der Waals surface area contributed by atoms with Crippen molar-refractivity contribution in [2.75, 3.05) is 18.0 Å². The number of hydrogen-bond donors (Lipinski definition) is 0. The Bertz CT molecular complexity index is 764. The minimum absolute atomic E-state index is 0.452. The molecule has 1 aliphatic heterocycles. The minimum atomic E-state index is 0.452. The Hall–Kier alpha value is -2.36. The lowest BCUT2D eigenvalue weighted by atomic mass is 10.1. The van der Waals surface area contributed by atoms with Crippen LogP contribution in [0, 0.1) is 6.92 Å². The fraction of sp³-hybridized carbons (Fsp3) is 0.294. The van der Waals surface area contributed by atoms with E-state index in [4.69, 9.17) is 4.98 Å². The molecule has 106 valence electrons. The number of aryl methyl sites for hydroxylation is 1. The molecule has 0 bridgehead atoms. The highest BCUT2D eigenvalue weighted by Gasteiger charge is 2.25. The number of nitrogens with zero attached hydrogens (tertiary/aromatic N) is 4. The van der Waals surface area contributed by atoms with E-state index < -0.39 is 0 Å². The van der Waals surface area contributed by atoms with Crippen molar-refractivity contribution in [2.24, 2.45) is 0 Å². The summed E-state index contributed by atoms with van der Waals surface area (Å²) in [6, 6.07) is 13.0. The summed E-state index contributed by atoms with van der Waals surface area (Å²) in [7, 11) is 0. The number of para-hydroxylation sites is 1. The van der Waals surface area contributed by atoms with Gasteiger partial charge >= 0.3 is 0 Å². The van der Waals surface area contributed by atoms with Crippen LogP contribution >= 0.6 is 0 Å². The summed E-state index contributed by atoms with van der Waals surface area (Å²) < 4.78 is 2.06. The summed E-state index contributed by atoms with van der Waals surface area (Å²) in [4.78, 5) is 7.20. The van der Waals surface area contributed by atoms with Gasteiger partial charge in [0.1, 0.15) is 5.82 Å². The van der Waals surface area contributed by atoms with Gasteiger partial charge in [0.2, 0.25) is 0 Å². The monoisotopic (exact) mass is 278 g/mol. The van der Waals surface area contributed by atoms with Crippen molar-refractivity contribution in [3.8, 4) is 0 Å². The zero-order valence-electron chi connectivity index (χ0n) is 12.1. The van der Waals surface area contributed by atoms with E-state index in [1.807, 2.05) is 18.5 Å². The molecule has 0 saturated carbocycles. The SMILES string of the molecule is Cc1cc(N2CCC(n3cccn3)C2)nc2ccccc12. The third-order valence-electron chi connectivity index (χ3n) is 4.30.